The lowest BCUT2D eigenvalue weighted by molar-refractivity contribution is 0.413. The van der Waals surface area contributed by atoms with Crippen LogP contribution in [-0.2, 0) is 7.05 Å². The summed E-state index contributed by atoms with van der Waals surface area (Å²) in [7, 11) is 9.57. The van der Waals surface area contributed by atoms with Gasteiger partial charge in [-0.1, -0.05) is 49.8 Å². The van der Waals surface area contributed by atoms with Gasteiger partial charge >= 0.3 is 0 Å². The molecule has 0 bridgehead atoms. The molecule has 39 heavy (non-hydrogen) atoms. The molecular formula is C31H42N6O2. The third-order valence-corrected chi connectivity index (χ3v) is 6.56. The molecule has 0 atom stereocenters. The number of nitrogens with two attached hydrogens (primary N) is 1. The minimum absolute atomic E-state index is 0.0321. The van der Waals surface area contributed by atoms with E-state index in [0.717, 1.165) is 53.4 Å². The molecule has 3 N–H and O–H groups in total. The van der Waals surface area contributed by atoms with Gasteiger partial charge in [0, 0.05) is 55.6 Å². The second kappa shape index (κ2) is 13.7. The fourth-order valence-electron chi connectivity index (χ4n) is 4.29. The van der Waals surface area contributed by atoms with Crippen molar-refractivity contribution in [3.8, 4) is 16.9 Å². The number of hydrogen-bond acceptors (Lipinski definition) is 6. The number of methoxy groups -OCH3 is 1. The summed E-state index contributed by atoms with van der Waals surface area (Å²) in [6, 6.07) is 15.5. The average Bonchev–Trinajstić information content (AvgIpc) is 2.92. The molecule has 0 aliphatic carbocycles. The third-order valence-electron chi connectivity index (χ3n) is 6.56. The number of likely N-dealkylation sites (N-methyl/N-ethyl adjacent to an activating group) is 2. The van der Waals surface area contributed by atoms with Gasteiger partial charge in [0.1, 0.15) is 11.6 Å². The first-order valence-electron chi connectivity index (χ1n) is 13.3. The fourth-order valence-corrected chi connectivity index (χ4v) is 4.29. The highest BCUT2D eigenvalue weighted by atomic mass is 16.5. The molecule has 0 radical (unpaired) electrons. The van der Waals surface area contributed by atoms with E-state index in [4.69, 9.17) is 15.5 Å². The Balaban J connectivity index is 2.01. The fraction of sp³-hybridized carbons (Fsp3) is 0.355. The molecule has 0 unspecified atom stereocenters. The number of unbranched alkanes of at least 4 members (excludes halogenated alkanes) is 1. The van der Waals surface area contributed by atoms with Crippen LogP contribution in [-0.4, -0.2) is 56.6 Å². The van der Waals surface area contributed by atoms with Crippen LogP contribution in [0, 0.1) is 0 Å². The first-order valence-corrected chi connectivity index (χ1v) is 13.3. The zero-order valence-electron chi connectivity index (χ0n) is 24.3. The highest BCUT2D eigenvalue weighted by Crippen LogP contribution is 2.35. The molecule has 8 heteroatoms. The smallest absolute Gasteiger partial charge is 0.258 e. The zero-order chi connectivity index (χ0) is 28.5. The van der Waals surface area contributed by atoms with E-state index in [1.807, 2.05) is 83.6 Å². The summed E-state index contributed by atoms with van der Waals surface area (Å²) in [6.07, 6.45) is 5.75. The normalized spacial score (nSPS) is 12.8. The summed E-state index contributed by atoms with van der Waals surface area (Å²) in [6.45, 7) is 5.75. The van der Waals surface area contributed by atoms with E-state index in [0.29, 0.717) is 22.8 Å². The molecule has 3 aromatic rings. The van der Waals surface area contributed by atoms with Gasteiger partial charge < -0.3 is 30.2 Å². The number of pyridine rings is 1. The number of ether oxygens (including phenoxy) is 1. The SMILES string of the molecule is CCC/C=c1/c(=C\N=C(C)Nc2cc(N)c(N(C)CCN(C)C)cc2OC)cc(-c2ccccc2)c(=O)n1C. The standard InChI is InChI=1S/C31H42N6O2/c1-8-9-15-28-24(18-25(31(38)37(28)6)23-13-11-10-12-14-23)21-33-22(2)34-27-19-26(32)29(20-30(27)39-7)36(5)17-16-35(3)4/h10-15,18-21H,8-9,16-17,32H2,1-7H3,(H,33,34)/b24-21-,28-15-. The summed E-state index contributed by atoms with van der Waals surface area (Å²) in [5.74, 6) is 1.34. The Hall–Kier alpha value is -4.04. The lowest BCUT2D eigenvalue weighted by Gasteiger charge is -2.24. The molecule has 0 amide bonds. The minimum Gasteiger partial charge on any atom is -0.494 e. The maximum absolute atomic E-state index is 13.2. The van der Waals surface area contributed by atoms with Gasteiger partial charge in [0.2, 0.25) is 0 Å². The van der Waals surface area contributed by atoms with Gasteiger partial charge in [-0.05, 0) is 45.1 Å². The Bertz CT molecular complexity index is 1480. The van der Waals surface area contributed by atoms with Crippen LogP contribution in [0.25, 0.3) is 23.4 Å². The molecule has 0 saturated carbocycles. The first-order chi connectivity index (χ1) is 18.7. The number of amidine groups is 1. The predicted molar refractivity (Wildman–Crippen MR) is 166 cm³/mol. The van der Waals surface area contributed by atoms with Crippen molar-refractivity contribution >= 4 is 35.2 Å². The summed E-state index contributed by atoms with van der Waals surface area (Å²) < 4.78 is 7.38. The van der Waals surface area contributed by atoms with Gasteiger partial charge in [0.15, 0.2) is 0 Å². The quantitative estimate of drug-likeness (QED) is 0.237. The highest BCUT2D eigenvalue weighted by Gasteiger charge is 2.13. The van der Waals surface area contributed by atoms with E-state index in [-0.39, 0.29) is 5.56 Å². The molecule has 0 aliphatic rings. The number of rotatable bonds is 10. The van der Waals surface area contributed by atoms with Crippen LogP contribution in [0.3, 0.4) is 0 Å². The number of aliphatic imine (C=N–C) groups is 1. The molecule has 0 aliphatic heterocycles. The van der Waals surface area contributed by atoms with Crippen molar-refractivity contribution in [2.75, 3.05) is 57.3 Å². The summed E-state index contributed by atoms with van der Waals surface area (Å²) in [4.78, 5) is 22.1. The van der Waals surface area contributed by atoms with Gasteiger partial charge in [-0.15, -0.1) is 0 Å². The maximum atomic E-state index is 13.2. The monoisotopic (exact) mass is 530 g/mol. The lowest BCUT2D eigenvalue weighted by Crippen LogP contribution is -2.42. The Kier molecular flexibility index (Phi) is 10.3. The molecule has 0 saturated heterocycles. The van der Waals surface area contributed by atoms with Gasteiger partial charge in [-0.25, -0.2) is 4.99 Å². The Morgan fingerprint density at radius 1 is 1.13 bits per heavy atom. The molecule has 0 fully saturated rings. The number of nitrogens with one attached hydrogen (secondary N) is 1. The minimum atomic E-state index is -0.0321. The van der Waals surface area contributed by atoms with Crippen molar-refractivity contribution < 1.29 is 4.74 Å². The van der Waals surface area contributed by atoms with Crippen LogP contribution in [0.5, 0.6) is 5.75 Å². The molecule has 3 rings (SSSR count). The maximum Gasteiger partial charge on any atom is 0.258 e. The Morgan fingerprint density at radius 2 is 1.85 bits per heavy atom. The number of nitrogens with zero attached hydrogens (tertiary/aromatic N) is 4. The largest absolute Gasteiger partial charge is 0.494 e. The Labute approximate surface area is 231 Å². The van der Waals surface area contributed by atoms with E-state index >= 15 is 0 Å². The molecule has 1 heterocycles. The summed E-state index contributed by atoms with van der Waals surface area (Å²) in [5.41, 5.74) is 10.2. The van der Waals surface area contributed by atoms with Crippen molar-refractivity contribution in [3.05, 3.63) is 69.5 Å². The number of aromatic nitrogens is 1. The van der Waals surface area contributed by atoms with E-state index in [2.05, 4.69) is 28.1 Å². The van der Waals surface area contributed by atoms with Crippen LogP contribution in [0.15, 0.2) is 58.3 Å². The van der Waals surface area contributed by atoms with Gasteiger partial charge in [-0.2, -0.15) is 0 Å². The van der Waals surface area contributed by atoms with Crippen LogP contribution < -0.4 is 36.8 Å². The number of nitrogen functional groups attached to an aromatic ring is 1. The van der Waals surface area contributed by atoms with Gasteiger partial charge in [-0.3, -0.25) is 4.79 Å². The Morgan fingerprint density at radius 3 is 2.49 bits per heavy atom. The molecule has 1 aromatic heterocycles. The van der Waals surface area contributed by atoms with E-state index in [9.17, 15) is 4.79 Å². The average molecular weight is 531 g/mol. The van der Waals surface area contributed by atoms with E-state index < -0.39 is 0 Å². The van der Waals surface area contributed by atoms with Gasteiger partial charge in [0.05, 0.1) is 24.2 Å². The molecule has 0 spiro atoms. The van der Waals surface area contributed by atoms with Crippen molar-refractivity contribution in [3.63, 3.8) is 0 Å². The topological polar surface area (TPSA) is 88.1 Å². The first kappa shape index (κ1) is 29.5. The summed E-state index contributed by atoms with van der Waals surface area (Å²) in [5, 5.41) is 5.05. The molecule has 8 nitrogen and oxygen atoms in total. The lowest BCUT2D eigenvalue weighted by atomic mass is 10.1. The predicted octanol–water partition coefficient (Wildman–Crippen LogP) is 3.49. The van der Waals surface area contributed by atoms with Crippen LogP contribution >= 0.6 is 0 Å². The van der Waals surface area contributed by atoms with Crippen LogP contribution in [0.4, 0.5) is 17.1 Å². The van der Waals surface area contributed by atoms with Crippen molar-refractivity contribution in [1.29, 1.82) is 0 Å². The van der Waals surface area contributed by atoms with E-state index in [1.54, 1.807) is 17.9 Å². The second-order valence-electron chi connectivity index (χ2n) is 9.93. The van der Waals surface area contributed by atoms with Crippen LogP contribution in [0.1, 0.15) is 26.7 Å². The van der Waals surface area contributed by atoms with Crippen LogP contribution in [0.2, 0.25) is 0 Å². The number of hydrogen-bond donors (Lipinski definition) is 2. The molecule has 208 valence electrons. The number of anilines is 3. The third kappa shape index (κ3) is 7.51. The summed E-state index contributed by atoms with van der Waals surface area (Å²) >= 11 is 0. The number of benzene rings is 2. The van der Waals surface area contributed by atoms with Crippen molar-refractivity contribution in [2.45, 2.75) is 26.7 Å². The second-order valence-corrected chi connectivity index (χ2v) is 9.93. The zero-order valence-corrected chi connectivity index (χ0v) is 24.3. The molecular weight excluding hydrogens is 488 g/mol. The van der Waals surface area contributed by atoms with Crippen molar-refractivity contribution in [1.82, 2.24) is 9.47 Å². The van der Waals surface area contributed by atoms with E-state index in [1.165, 1.54) is 0 Å². The van der Waals surface area contributed by atoms with Crippen molar-refractivity contribution in [2.24, 2.45) is 12.0 Å². The molecule has 2 aromatic carbocycles. The highest BCUT2D eigenvalue weighted by molar-refractivity contribution is 5.97. The van der Waals surface area contributed by atoms with Gasteiger partial charge in [0.25, 0.3) is 5.56 Å².